The molecule has 0 aliphatic carbocycles. The highest BCUT2D eigenvalue weighted by Gasteiger charge is 2.16. The first kappa shape index (κ1) is 14.3. The van der Waals surface area contributed by atoms with E-state index in [1.807, 2.05) is 6.92 Å². The average molecular weight is 293 g/mol. The molecule has 1 aromatic heterocycles. The first-order valence-corrected chi connectivity index (χ1v) is 7.50. The minimum atomic E-state index is -3.60. The summed E-state index contributed by atoms with van der Waals surface area (Å²) in [4.78, 5) is 14.4. The summed E-state index contributed by atoms with van der Waals surface area (Å²) in [5, 5.41) is 2.50. The van der Waals surface area contributed by atoms with E-state index in [9.17, 15) is 13.2 Å². The number of nitrogens with zero attached hydrogens (tertiary/aromatic N) is 2. The van der Waals surface area contributed by atoms with Crippen molar-refractivity contribution in [3.63, 3.8) is 0 Å². The van der Waals surface area contributed by atoms with Crippen molar-refractivity contribution >= 4 is 16.4 Å². The standard InChI is InChI=1S/C13H15N3O3S/c1-11-2-4-13(5-3-11)20(18,19)16-8-12(15-9-16)6-7-14-10-17/h2-5,8-10H,6-7H2,1H3,(H,14,17). The average Bonchev–Trinajstić information content (AvgIpc) is 2.89. The van der Waals surface area contributed by atoms with E-state index >= 15 is 0 Å². The van der Waals surface area contributed by atoms with Crippen LogP contribution in [0.2, 0.25) is 0 Å². The van der Waals surface area contributed by atoms with Gasteiger partial charge in [-0.05, 0) is 19.1 Å². The second kappa shape index (κ2) is 5.87. The van der Waals surface area contributed by atoms with Gasteiger partial charge in [0, 0.05) is 19.2 Å². The van der Waals surface area contributed by atoms with Gasteiger partial charge in [0.25, 0.3) is 10.0 Å². The zero-order chi connectivity index (χ0) is 14.6. The van der Waals surface area contributed by atoms with Gasteiger partial charge < -0.3 is 5.32 Å². The van der Waals surface area contributed by atoms with Crippen LogP contribution >= 0.6 is 0 Å². The van der Waals surface area contributed by atoms with E-state index in [2.05, 4.69) is 10.3 Å². The van der Waals surface area contributed by atoms with Crippen LogP contribution in [0.25, 0.3) is 0 Å². The molecule has 0 saturated carbocycles. The molecule has 0 unspecified atom stereocenters. The van der Waals surface area contributed by atoms with Crippen molar-refractivity contribution < 1.29 is 13.2 Å². The fourth-order valence-electron chi connectivity index (χ4n) is 1.70. The third kappa shape index (κ3) is 3.05. The van der Waals surface area contributed by atoms with Gasteiger partial charge in [-0.25, -0.2) is 17.4 Å². The van der Waals surface area contributed by atoms with Crippen molar-refractivity contribution in [2.24, 2.45) is 0 Å². The third-order valence-electron chi connectivity index (χ3n) is 2.82. The number of carbonyl (C=O) groups is 1. The van der Waals surface area contributed by atoms with Crippen LogP contribution in [0.15, 0.2) is 41.7 Å². The van der Waals surface area contributed by atoms with Gasteiger partial charge in [0.2, 0.25) is 6.41 Å². The third-order valence-corrected chi connectivity index (χ3v) is 4.44. The van der Waals surface area contributed by atoms with Crippen molar-refractivity contribution in [3.8, 4) is 0 Å². The molecule has 0 aliphatic rings. The van der Waals surface area contributed by atoms with E-state index in [0.29, 0.717) is 25.1 Å². The molecule has 1 aromatic carbocycles. The topological polar surface area (TPSA) is 81.1 Å². The summed E-state index contributed by atoms with van der Waals surface area (Å²) in [6.45, 7) is 2.32. The molecule has 0 aliphatic heterocycles. The Balaban J connectivity index is 2.21. The van der Waals surface area contributed by atoms with Crippen LogP contribution in [0.3, 0.4) is 0 Å². The van der Waals surface area contributed by atoms with Gasteiger partial charge >= 0.3 is 0 Å². The smallest absolute Gasteiger partial charge is 0.268 e. The number of rotatable bonds is 6. The Morgan fingerprint density at radius 2 is 2.00 bits per heavy atom. The van der Waals surface area contributed by atoms with Crippen LogP contribution in [-0.4, -0.2) is 30.3 Å². The number of nitrogens with one attached hydrogen (secondary N) is 1. The second-order valence-corrected chi connectivity index (χ2v) is 6.18. The van der Waals surface area contributed by atoms with Crippen molar-refractivity contribution in [3.05, 3.63) is 48.0 Å². The van der Waals surface area contributed by atoms with Gasteiger partial charge in [-0.2, -0.15) is 0 Å². The van der Waals surface area contributed by atoms with Gasteiger partial charge in [0.05, 0.1) is 10.6 Å². The molecule has 0 radical (unpaired) electrons. The largest absolute Gasteiger partial charge is 0.358 e. The highest BCUT2D eigenvalue weighted by atomic mass is 32.2. The van der Waals surface area contributed by atoms with E-state index < -0.39 is 10.0 Å². The summed E-state index contributed by atoms with van der Waals surface area (Å²) in [6.07, 6.45) is 3.81. The van der Waals surface area contributed by atoms with E-state index in [-0.39, 0.29) is 4.90 Å². The lowest BCUT2D eigenvalue weighted by molar-refractivity contribution is -0.109. The molecular weight excluding hydrogens is 278 g/mol. The Hall–Kier alpha value is -2.15. The predicted octanol–water partition coefficient (Wildman–Crippen LogP) is 0.717. The Morgan fingerprint density at radius 3 is 2.65 bits per heavy atom. The molecule has 0 fully saturated rings. The molecule has 6 nitrogen and oxygen atoms in total. The Labute approximate surface area is 117 Å². The summed E-state index contributed by atoms with van der Waals surface area (Å²) < 4.78 is 25.8. The SMILES string of the molecule is Cc1ccc(S(=O)(=O)n2cnc(CCNC=O)c2)cc1. The van der Waals surface area contributed by atoms with Gasteiger partial charge in [-0.15, -0.1) is 0 Å². The molecule has 1 N–H and O–H groups in total. The minimum Gasteiger partial charge on any atom is -0.358 e. The van der Waals surface area contributed by atoms with E-state index in [4.69, 9.17) is 0 Å². The molecule has 7 heteroatoms. The highest BCUT2D eigenvalue weighted by Crippen LogP contribution is 2.14. The lowest BCUT2D eigenvalue weighted by atomic mass is 10.2. The highest BCUT2D eigenvalue weighted by molar-refractivity contribution is 7.90. The van der Waals surface area contributed by atoms with Crippen LogP contribution in [0, 0.1) is 6.92 Å². The lowest BCUT2D eigenvalue weighted by Crippen LogP contribution is -2.14. The zero-order valence-corrected chi connectivity index (χ0v) is 11.8. The maximum Gasteiger partial charge on any atom is 0.268 e. The number of carbonyl (C=O) groups excluding carboxylic acids is 1. The Morgan fingerprint density at radius 1 is 1.30 bits per heavy atom. The van der Waals surface area contributed by atoms with Gasteiger partial charge in [-0.3, -0.25) is 4.79 Å². The monoisotopic (exact) mass is 293 g/mol. The molecule has 106 valence electrons. The van der Waals surface area contributed by atoms with Crippen LogP contribution in [0.4, 0.5) is 0 Å². The summed E-state index contributed by atoms with van der Waals surface area (Å²) in [7, 11) is -3.60. The molecular formula is C13H15N3O3S. The van der Waals surface area contributed by atoms with E-state index in [0.717, 1.165) is 9.54 Å². The molecule has 0 saturated heterocycles. The maximum atomic E-state index is 12.3. The van der Waals surface area contributed by atoms with Crippen LogP contribution in [-0.2, 0) is 21.2 Å². The van der Waals surface area contributed by atoms with Crippen molar-refractivity contribution in [2.75, 3.05) is 6.54 Å². The predicted molar refractivity (Wildman–Crippen MR) is 73.8 cm³/mol. The fraction of sp³-hybridized carbons (Fsp3) is 0.231. The Kier molecular flexibility index (Phi) is 4.19. The van der Waals surface area contributed by atoms with E-state index in [1.165, 1.54) is 12.5 Å². The Bertz CT molecular complexity index is 690. The normalized spacial score (nSPS) is 11.2. The first-order chi connectivity index (χ1) is 9.54. The summed E-state index contributed by atoms with van der Waals surface area (Å²) in [5.41, 5.74) is 1.60. The van der Waals surface area contributed by atoms with Gasteiger partial charge in [-0.1, -0.05) is 17.7 Å². The van der Waals surface area contributed by atoms with E-state index in [1.54, 1.807) is 24.3 Å². The van der Waals surface area contributed by atoms with Crippen LogP contribution < -0.4 is 5.32 Å². The molecule has 2 rings (SSSR count). The number of hydrogen-bond acceptors (Lipinski definition) is 4. The lowest BCUT2D eigenvalue weighted by Gasteiger charge is -2.04. The molecule has 20 heavy (non-hydrogen) atoms. The van der Waals surface area contributed by atoms with Crippen molar-refractivity contribution in [1.82, 2.24) is 14.3 Å². The van der Waals surface area contributed by atoms with Gasteiger partial charge in [0.1, 0.15) is 6.33 Å². The second-order valence-electron chi connectivity index (χ2n) is 4.33. The molecule has 1 heterocycles. The van der Waals surface area contributed by atoms with Crippen molar-refractivity contribution in [1.29, 1.82) is 0 Å². The zero-order valence-electron chi connectivity index (χ0n) is 11.0. The molecule has 0 bridgehead atoms. The first-order valence-electron chi connectivity index (χ1n) is 6.06. The fourth-order valence-corrected chi connectivity index (χ4v) is 2.85. The number of benzene rings is 1. The van der Waals surface area contributed by atoms with Crippen LogP contribution in [0.5, 0.6) is 0 Å². The maximum absolute atomic E-state index is 12.3. The molecule has 0 atom stereocenters. The molecule has 1 amide bonds. The number of amides is 1. The number of hydrogen-bond donors (Lipinski definition) is 1. The molecule has 2 aromatic rings. The van der Waals surface area contributed by atoms with Crippen LogP contribution in [0.1, 0.15) is 11.3 Å². The van der Waals surface area contributed by atoms with Crippen molar-refractivity contribution in [2.45, 2.75) is 18.2 Å². The van der Waals surface area contributed by atoms with Gasteiger partial charge in [0.15, 0.2) is 0 Å². The number of aryl methyl sites for hydroxylation is 1. The quantitative estimate of drug-likeness (QED) is 0.628. The number of aromatic nitrogens is 2. The minimum absolute atomic E-state index is 0.220. The summed E-state index contributed by atoms with van der Waals surface area (Å²) >= 11 is 0. The molecule has 0 spiro atoms. The number of imidazole rings is 1. The summed E-state index contributed by atoms with van der Waals surface area (Å²) in [5.74, 6) is 0. The summed E-state index contributed by atoms with van der Waals surface area (Å²) in [6, 6.07) is 6.63.